The number of alkyl carbamates (subject to hydrolysis) is 1. The van der Waals surface area contributed by atoms with Crippen LogP contribution in [0.3, 0.4) is 0 Å². The van der Waals surface area contributed by atoms with E-state index in [0.717, 1.165) is 17.1 Å². The standard InChI is InChI=1S/C13H16N2O6/c1-9(2)12(18)20-7-5-14-13(19)21-8-6-15-10(16)3-4-11(15)17/h3-4H,1,5-8H2,2H3,(H,14,19). The van der Waals surface area contributed by atoms with Crippen molar-refractivity contribution < 1.29 is 28.7 Å². The van der Waals surface area contributed by atoms with Crippen molar-refractivity contribution in [3.05, 3.63) is 24.3 Å². The van der Waals surface area contributed by atoms with Gasteiger partial charge in [-0.15, -0.1) is 0 Å². The lowest BCUT2D eigenvalue weighted by Gasteiger charge is -2.13. The van der Waals surface area contributed by atoms with Gasteiger partial charge in [0, 0.05) is 17.7 Å². The highest BCUT2D eigenvalue weighted by atomic mass is 16.6. The van der Waals surface area contributed by atoms with E-state index in [2.05, 4.69) is 11.9 Å². The van der Waals surface area contributed by atoms with Crippen LogP contribution in [-0.2, 0) is 23.9 Å². The Morgan fingerprint density at radius 3 is 2.38 bits per heavy atom. The maximum absolute atomic E-state index is 11.3. The van der Waals surface area contributed by atoms with Gasteiger partial charge in [-0.25, -0.2) is 9.59 Å². The minimum atomic E-state index is -0.728. The van der Waals surface area contributed by atoms with Gasteiger partial charge >= 0.3 is 12.1 Å². The molecule has 114 valence electrons. The maximum atomic E-state index is 11.3. The van der Waals surface area contributed by atoms with Crippen LogP contribution in [0.1, 0.15) is 6.92 Å². The first-order chi connectivity index (χ1) is 9.91. The Labute approximate surface area is 121 Å². The summed E-state index contributed by atoms with van der Waals surface area (Å²) in [6.07, 6.45) is 1.57. The molecule has 0 atom stereocenters. The van der Waals surface area contributed by atoms with Crippen LogP contribution in [0.5, 0.6) is 0 Å². The van der Waals surface area contributed by atoms with Crippen molar-refractivity contribution in [3.8, 4) is 0 Å². The second-order valence-corrected chi connectivity index (χ2v) is 4.14. The number of esters is 1. The summed E-state index contributed by atoms with van der Waals surface area (Å²) in [5.74, 6) is -1.41. The molecule has 0 saturated heterocycles. The Hall–Kier alpha value is -2.64. The monoisotopic (exact) mass is 296 g/mol. The van der Waals surface area contributed by atoms with Crippen molar-refractivity contribution in [2.24, 2.45) is 0 Å². The molecule has 1 heterocycles. The van der Waals surface area contributed by atoms with Crippen molar-refractivity contribution >= 4 is 23.9 Å². The van der Waals surface area contributed by atoms with Crippen LogP contribution in [-0.4, -0.2) is 55.1 Å². The zero-order chi connectivity index (χ0) is 15.8. The number of hydrogen-bond acceptors (Lipinski definition) is 6. The van der Waals surface area contributed by atoms with E-state index in [-0.39, 0.29) is 31.9 Å². The molecule has 0 aromatic rings. The van der Waals surface area contributed by atoms with Gasteiger partial charge in [0.1, 0.15) is 13.2 Å². The molecule has 0 unspecified atom stereocenters. The van der Waals surface area contributed by atoms with E-state index in [1.165, 1.54) is 6.92 Å². The van der Waals surface area contributed by atoms with Crippen LogP contribution in [0.4, 0.5) is 4.79 Å². The normalized spacial score (nSPS) is 13.3. The summed E-state index contributed by atoms with van der Waals surface area (Å²) in [5.41, 5.74) is 0.270. The van der Waals surface area contributed by atoms with E-state index in [1.54, 1.807) is 0 Å². The summed E-state index contributed by atoms with van der Waals surface area (Å²) < 4.78 is 9.53. The van der Waals surface area contributed by atoms with Crippen molar-refractivity contribution in [3.63, 3.8) is 0 Å². The minimum Gasteiger partial charge on any atom is -0.460 e. The molecular formula is C13H16N2O6. The second-order valence-electron chi connectivity index (χ2n) is 4.14. The van der Waals surface area contributed by atoms with E-state index in [0.29, 0.717) is 0 Å². The molecule has 0 aromatic heterocycles. The van der Waals surface area contributed by atoms with Crippen LogP contribution in [0, 0.1) is 0 Å². The summed E-state index contributed by atoms with van der Waals surface area (Å²) in [7, 11) is 0. The van der Waals surface area contributed by atoms with Gasteiger partial charge in [-0.1, -0.05) is 6.58 Å². The van der Waals surface area contributed by atoms with Crippen molar-refractivity contribution in [2.75, 3.05) is 26.3 Å². The van der Waals surface area contributed by atoms with Gasteiger partial charge in [0.2, 0.25) is 0 Å². The third kappa shape index (κ3) is 5.47. The highest BCUT2D eigenvalue weighted by Crippen LogP contribution is 2.02. The Kier molecular flexibility index (Phi) is 6.12. The SMILES string of the molecule is C=C(C)C(=O)OCCNC(=O)OCCN1C(=O)C=CC1=O. The van der Waals surface area contributed by atoms with Crippen LogP contribution in [0.25, 0.3) is 0 Å². The lowest BCUT2D eigenvalue weighted by atomic mass is 10.4. The number of hydrogen-bond donors (Lipinski definition) is 1. The first-order valence-corrected chi connectivity index (χ1v) is 6.18. The molecular weight excluding hydrogens is 280 g/mol. The number of nitrogens with zero attached hydrogens (tertiary/aromatic N) is 1. The van der Waals surface area contributed by atoms with Crippen molar-refractivity contribution in [1.29, 1.82) is 0 Å². The van der Waals surface area contributed by atoms with E-state index in [9.17, 15) is 19.2 Å². The van der Waals surface area contributed by atoms with Gasteiger partial charge in [0.05, 0.1) is 13.1 Å². The number of imide groups is 1. The van der Waals surface area contributed by atoms with Gasteiger partial charge in [0.15, 0.2) is 0 Å². The Morgan fingerprint density at radius 1 is 1.19 bits per heavy atom. The molecule has 1 N–H and O–H groups in total. The number of amides is 3. The van der Waals surface area contributed by atoms with Gasteiger partial charge in [-0.2, -0.15) is 0 Å². The minimum absolute atomic E-state index is 0.00614. The Morgan fingerprint density at radius 2 is 1.81 bits per heavy atom. The maximum Gasteiger partial charge on any atom is 0.407 e. The third-order valence-electron chi connectivity index (χ3n) is 2.40. The first kappa shape index (κ1) is 16.4. The first-order valence-electron chi connectivity index (χ1n) is 6.18. The molecule has 0 bridgehead atoms. The third-order valence-corrected chi connectivity index (χ3v) is 2.40. The fraction of sp³-hybridized carbons (Fsp3) is 0.385. The summed E-state index contributed by atoms with van der Waals surface area (Å²) in [5, 5.41) is 2.35. The highest BCUT2D eigenvalue weighted by molar-refractivity contribution is 6.12. The van der Waals surface area contributed by atoms with E-state index in [4.69, 9.17) is 9.47 Å². The number of carbonyl (C=O) groups excluding carboxylic acids is 4. The summed E-state index contributed by atoms with van der Waals surface area (Å²) >= 11 is 0. The van der Waals surface area contributed by atoms with Gasteiger partial charge in [-0.3, -0.25) is 14.5 Å². The molecule has 3 amide bonds. The summed E-state index contributed by atoms with van der Waals surface area (Å²) in [6, 6.07) is 0. The number of nitrogens with one attached hydrogen (secondary N) is 1. The Balaban J connectivity index is 2.09. The number of ether oxygens (including phenoxy) is 2. The average Bonchev–Trinajstić information content (AvgIpc) is 2.74. The predicted molar refractivity (Wildman–Crippen MR) is 71.0 cm³/mol. The van der Waals surface area contributed by atoms with Gasteiger partial charge in [-0.05, 0) is 6.92 Å². The van der Waals surface area contributed by atoms with E-state index in [1.807, 2.05) is 0 Å². The average molecular weight is 296 g/mol. The van der Waals surface area contributed by atoms with Crippen LogP contribution >= 0.6 is 0 Å². The van der Waals surface area contributed by atoms with Crippen molar-refractivity contribution in [2.45, 2.75) is 6.92 Å². The fourth-order valence-electron chi connectivity index (χ4n) is 1.35. The highest BCUT2D eigenvalue weighted by Gasteiger charge is 2.22. The largest absolute Gasteiger partial charge is 0.460 e. The lowest BCUT2D eigenvalue weighted by Crippen LogP contribution is -2.35. The van der Waals surface area contributed by atoms with E-state index < -0.39 is 23.9 Å². The number of rotatable bonds is 7. The molecule has 1 aliphatic heterocycles. The molecule has 0 radical (unpaired) electrons. The summed E-state index contributed by atoms with van der Waals surface area (Å²) in [4.78, 5) is 45.6. The van der Waals surface area contributed by atoms with Crippen LogP contribution < -0.4 is 5.32 Å². The quantitative estimate of drug-likeness (QED) is 0.301. The molecule has 0 fully saturated rings. The fourth-order valence-corrected chi connectivity index (χ4v) is 1.35. The Bertz CT molecular complexity index is 479. The zero-order valence-corrected chi connectivity index (χ0v) is 11.6. The van der Waals surface area contributed by atoms with Crippen molar-refractivity contribution in [1.82, 2.24) is 10.2 Å². The molecule has 21 heavy (non-hydrogen) atoms. The topological polar surface area (TPSA) is 102 Å². The van der Waals surface area contributed by atoms with E-state index >= 15 is 0 Å². The lowest BCUT2D eigenvalue weighted by molar-refractivity contribution is -0.139. The molecule has 0 aromatic carbocycles. The zero-order valence-electron chi connectivity index (χ0n) is 11.6. The second kappa shape index (κ2) is 7.83. The van der Waals surface area contributed by atoms with Gasteiger partial charge < -0.3 is 14.8 Å². The predicted octanol–water partition coefficient (Wildman–Crippen LogP) is -0.243. The summed E-state index contributed by atoms with van der Waals surface area (Å²) in [6.45, 7) is 4.87. The molecule has 1 rings (SSSR count). The van der Waals surface area contributed by atoms with Gasteiger partial charge in [0.25, 0.3) is 11.8 Å². The molecule has 0 aliphatic carbocycles. The molecule has 0 saturated carbocycles. The smallest absolute Gasteiger partial charge is 0.407 e. The number of carbonyl (C=O) groups is 4. The molecule has 1 aliphatic rings. The van der Waals surface area contributed by atoms with Crippen LogP contribution in [0.2, 0.25) is 0 Å². The molecule has 8 heteroatoms. The molecule has 8 nitrogen and oxygen atoms in total. The molecule has 0 spiro atoms. The van der Waals surface area contributed by atoms with Crippen LogP contribution in [0.15, 0.2) is 24.3 Å².